The van der Waals surface area contributed by atoms with Crippen LogP contribution in [0, 0.1) is 5.92 Å². The second-order valence-corrected chi connectivity index (χ2v) is 8.54. The number of carbonyl (C=O) groups excluding carboxylic acids is 1. The van der Waals surface area contributed by atoms with E-state index >= 15 is 0 Å². The largest absolute Gasteiger partial charge is 0.493 e. The lowest BCUT2D eigenvalue weighted by Crippen LogP contribution is -2.59. The first-order valence-electron chi connectivity index (χ1n) is 10.6. The maximum absolute atomic E-state index is 13.1. The summed E-state index contributed by atoms with van der Waals surface area (Å²) in [6.07, 6.45) is 5.98. The summed E-state index contributed by atoms with van der Waals surface area (Å²) in [5, 5.41) is 11.3. The van der Waals surface area contributed by atoms with Gasteiger partial charge in [-0.05, 0) is 44.1 Å². The number of rotatable bonds is 5. The second kappa shape index (κ2) is 8.29. The van der Waals surface area contributed by atoms with E-state index in [0.717, 1.165) is 49.5 Å². The van der Waals surface area contributed by atoms with Crippen LogP contribution in [0.4, 0.5) is 0 Å². The molecule has 1 aliphatic carbocycles. The summed E-state index contributed by atoms with van der Waals surface area (Å²) < 4.78 is 11.4. The lowest BCUT2D eigenvalue weighted by molar-refractivity contribution is -0.161. The number of ether oxygens (including phenoxy) is 2. The minimum atomic E-state index is -1.28. The molecule has 0 bridgehead atoms. The van der Waals surface area contributed by atoms with E-state index in [-0.39, 0.29) is 5.91 Å². The summed E-state index contributed by atoms with van der Waals surface area (Å²) in [5.74, 6) is 2.07. The summed E-state index contributed by atoms with van der Waals surface area (Å²) >= 11 is 0. The van der Waals surface area contributed by atoms with Crippen LogP contribution in [0.3, 0.4) is 0 Å². The molecule has 3 aliphatic rings. The van der Waals surface area contributed by atoms with Crippen molar-refractivity contribution in [3.8, 4) is 11.5 Å². The van der Waals surface area contributed by atoms with E-state index in [1.165, 1.54) is 19.3 Å². The van der Waals surface area contributed by atoms with Crippen molar-refractivity contribution in [2.45, 2.75) is 50.7 Å². The summed E-state index contributed by atoms with van der Waals surface area (Å²) in [5.41, 5.74) is -0.238. The molecular weight excluding hydrogens is 356 g/mol. The van der Waals surface area contributed by atoms with Gasteiger partial charge >= 0.3 is 0 Å². The van der Waals surface area contributed by atoms with Gasteiger partial charge in [-0.2, -0.15) is 0 Å². The molecule has 1 amide bonds. The fourth-order valence-corrected chi connectivity index (χ4v) is 4.67. The van der Waals surface area contributed by atoms with Gasteiger partial charge in [-0.25, -0.2) is 0 Å². The molecule has 6 heteroatoms. The lowest BCUT2D eigenvalue weighted by atomic mass is 9.83. The zero-order chi connectivity index (χ0) is 19.6. The van der Waals surface area contributed by atoms with Crippen molar-refractivity contribution in [2.75, 3.05) is 39.9 Å². The predicted molar refractivity (Wildman–Crippen MR) is 106 cm³/mol. The third-order valence-corrected chi connectivity index (χ3v) is 6.43. The van der Waals surface area contributed by atoms with Gasteiger partial charge in [-0.1, -0.05) is 18.6 Å². The van der Waals surface area contributed by atoms with Gasteiger partial charge in [0.2, 0.25) is 0 Å². The molecule has 1 atom stereocenters. The predicted octanol–water partition coefficient (Wildman–Crippen LogP) is 2.43. The van der Waals surface area contributed by atoms with Gasteiger partial charge in [0.1, 0.15) is 0 Å². The molecule has 1 unspecified atom stereocenters. The smallest absolute Gasteiger partial charge is 0.255 e. The molecule has 154 valence electrons. The van der Waals surface area contributed by atoms with Gasteiger partial charge in [0, 0.05) is 38.3 Å². The van der Waals surface area contributed by atoms with Crippen molar-refractivity contribution in [1.29, 1.82) is 0 Å². The summed E-state index contributed by atoms with van der Waals surface area (Å²) in [7, 11) is 1.65. The average molecular weight is 389 g/mol. The van der Waals surface area contributed by atoms with Crippen LogP contribution in [-0.2, 0) is 11.3 Å². The number of piperidine rings is 1. The normalized spacial score (nSPS) is 26.6. The third-order valence-electron chi connectivity index (χ3n) is 6.43. The minimum Gasteiger partial charge on any atom is -0.493 e. The van der Waals surface area contributed by atoms with Crippen LogP contribution < -0.4 is 9.47 Å². The minimum absolute atomic E-state index is 0.0742. The van der Waals surface area contributed by atoms with Crippen LogP contribution >= 0.6 is 0 Å². The maximum atomic E-state index is 13.1. The topological polar surface area (TPSA) is 62.2 Å². The number of para-hydroxylation sites is 1. The Kier molecular flexibility index (Phi) is 5.78. The number of nitrogens with zero attached hydrogens (tertiary/aromatic N) is 2. The molecular formula is C22H32N2O4. The van der Waals surface area contributed by atoms with Crippen molar-refractivity contribution in [3.63, 3.8) is 0 Å². The Morgan fingerprint density at radius 2 is 2.11 bits per heavy atom. The van der Waals surface area contributed by atoms with Crippen molar-refractivity contribution in [2.24, 2.45) is 5.92 Å². The van der Waals surface area contributed by atoms with Crippen molar-refractivity contribution >= 4 is 5.91 Å². The zero-order valence-electron chi connectivity index (χ0n) is 16.9. The number of fused-ring (bicyclic) bond motifs is 1. The number of carbonyl (C=O) groups is 1. The first-order chi connectivity index (χ1) is 13.6. The van der Waals surface area contributed by atoms with E-state index < -0.39 is 5.60 Å². The number of hydrogen-bond acceptors (Lipinski definition) is 5. The zero-order valence-corrected chi connectivity index (χ0v) is 16.9. The number of likely N-dealkylation sites (tertiary alicyclic amines) is 1. The van der Waals surface area contributed by atoms with E-state index in [4.69, 9.17) is 9.47 Å². The molecule has 28 heavy (non-hydrogen) atoms. The van der Waals surface area contributed by atoms with E-state index in [2.05, 4.69) is 4.90 Å². The molecule has 6 nitrogen and oxygen atoms in total. The number of hydrogen-bond donors (Lipinski definition) is 1. The van der Waals surface area contributed by atoms with E-state index in [0.29, 0.717) is 32.0 Å². The van der Waals surface area contributed by atoms with Gasteiger partial charge < -0.3 is 19.5 Å². The molecule has 1 N–H and O–H groups in total. The Morgan fingerprint density at radius 1 is 1.25 bits per heavy atom. The van der Waals surface area contributed by atoms with Gasteiger partial charge in [0.15, 0.2) is 17.1 Å². The third kappa shape index (κ3) is 3.98. The van der Waals surface area contributed by atoms with Crippen LogP contribution in [0.15, 0.2) is 18.2 Å². The highest BCUT2D eigenvalue weighted by atomic mass is 16.5. The number of amides is 1. The summed E-state index contributed by atoms with van der Waals surface area (Å²) in [6, 6.07) is 5.90. The standard InChI is InChI=1S/C22H32N2O4/c1-27-19-9-3-8-18-15-23(11-5-13-28-20(18)19)16-22(26)10-4-12-24(21(22)25)14-17-6-2-7-17/h3,8-9,17,26H,2,4-7,10-16H2,1H3. The van der Waals surface area contributed by atoms with E-state index in [9.17, 15) is 9.90 Å². The first kappa shape index (κ1) is 19.5. The van der Waals surface area contributed by atoms with Crippen molar-refractivity contribution in [1.82, 2.24) is 9.80 Å². The molecule has 1 aromatic rings. The van der Waals surface area contributed by atoms with E-state index in [1.54, 1.807) is 7.11 Å². The quantitative estimate of drug-likeness (QED) is 0.839. The molecule has 1 saturated carbocycles. The molecule has 2 aliphatic heterocycles. The SMILES string of the molecule is COc1cccc2c1OCCCN(CC1(O)CCCN(CC3CCC3)C1=O)C2. The first-order valence-corrected chi connectivity index (χ1v) is 10.6. The van der Waals surface area contributed by atoms with Gasteiger partial charge in [-0.15, -0.1) is 0 Å². The number of aliphatic hydroxyl groups is 1. The molecule has 2 fully saturated rings. The van der Waals surface area contributed by atoms with Gasteiger partial charge in [0.25, 0.3) is 5.91 Å². The maximum Gasteiger partial charge on any atom is 0.255 e. The monoisotopic (exact) mass is 388 g/mol. The molecule has 1 aromatic carbocycles. The molecule has 0 spiro atoms. The summed E-state index contributed by atoms with van der Waals surface area (Å²) in [4.78, 5) is 17.2. The summed E-state index contributed by atoms with van der Waals surface area (Å²) in [6.45, 7) is 4.02. The van der Waals surface area contributed by atoms with Crippen LogP contribution in [0.1, 0.15) is 44.1 Å². The molecule has 0 radical (unpaired) electrons. The lowest BCUT2D eigenvalue weighted by Gasteiger charge is -2.43. The fraction of sp³-hybridized carbons (Fsp3) is 0.682. The Hall–Kier alpha value is -1.79. The van der Waals surface area contributed by atoms with Gasteiger partial charge in [0.05, 0.1) is 13.7 Å². The second-order valence-electron chi connectivity index (χ2n) is 8.54. The van der Waals surface area contributed by atoms with Crippen LogP contribution in [0.5, 0.6) is 11.5 Å². The Morgan fingerprint density at radius 3 is 2.86 bits per heavy atom. The highest BCUT2D eigenvalue weighted by Gasteiger charge is 2.44. The molecule has 1 saturated heterocycles. The van der Waals surface area contributed by atoms with Crippen LogP contribution in [-0.4, -0.2) is 66.3 Å². The number of β-amino-alcohol motifs (C(OH)–C–C–N with tert-alkyl or cyclic N) is 1. The number of methoxy groups -OCH3 is 1. The average Bonchev–Trinajstić information content (AvgIpc) is 2.63. The highest BCUT2D eigenvalue weighted by molar-refractivity contribution is 5.86. The van der Waals surface area contributed by atoms with Crippen LogP contribution in [0.2, 0.25) is 0 Å². The van der Waals surface area contributed by atoms with Crippen molar-refractivity contribution < 1.29 is 19.4 Å². The molecule has 4 rings (SSSR count). The van der Waals surface area contributed by atoms with Gasteiger partial charge in [-0.3, -0.25) is 9.69 Å². The Bertz CT molecular complexity index is 706. The highest BCUT2D eigenvalue weighted by Crippen LogP contribution is 2.35. The number of benzene rings is 1. The molecule has 0 aromatic heterocycles. The van der Waals surface area contributed by atoms with E-state index in [1.807, 2.05) is 23.1 Å². The fourth-order valence-electron chi connectivity index (χ4n) is 4.67. The Balaban J connectivity index is 1.47. The van der Waals surface area contributed by atoms with Crippen molar-refractivity contribution in [3.05, 3.63) is 23.8 Å². The van der Waals surface area contributed by atoms with Crippen LogP contribution in [0.25, 0.3) is 0 Å². The Labute approximate surface area is 167 Å². The molecule has 2 heterocycles.